The molecule has 1 aromatic heterocycles. The van der Waals surface area contributed by atoms with Gasteiger partial charge in [-0.15, -0.1) is 0 Å². The normalized spacial score (nSPS) is 13.2. The number of halogens is 1. The van der Waals surface area contributed by atoms with Crippen molar-refractivity contribution in [3.63, 3.8) is 0 Å². The van der Waals surface area contributed by atoms with E-state index in [4.69, 9.17) is 4.42 Å². The van der Waals surface area contributed by atoms with Crippen LogP contribution >= 0.6 is 0 Å². The molecule has 0 unspecified atom stereocenters. The highest BCUT2D eigenvalue weighted by Crippen LogP contribution is 2.16. The van der Waals surface area contributed by atoms with Gasteiger partial charge < -0.3 is 20.2 Å². The van der Waals surface area contributed by atoms with E-state index in [2.05, 4.69) is 10.6 Å². The quantitative estimate of drug-likeness (QED) is 0.750. The molecule has 2 amide bonds. The number of hydrogen-bond acceptors (Lipinski definition) is 4. The number of aliphatic hydroxyl groups is 1. The molecule has 0 radical (unpaired) electrons. The summed E-state index contributed by atoms with van der Waals surface area (Å²) >= 11 is 0. The van der Waals surface area contributed by atoms with Gasteiger partial charge in [-0.25, -0.2) is 4.39 Å². The van der Waals surface area contributed by atoms with E-state index in [1.807, 2.05) is 0 Å². The Morgan fingerprint density at radius 3 is 2.57 bits per heavy atom. The molecule has 3 N–H and O–H groups in total. The number of nitrogens with one attached hydrogen (secondary N) is 2. The van der Waals surface area contributed by atoms with Crippen molar-refractivity contribution in [3.8, 4) is 0 Å². The van der Waals surface area contributed by atoms with E-state index in [0.717, 1.165) is 0 Å². The zero-order chi connectivity index (χ0) is 16.8. The summed E-state index contributed by atoms with van der Waals surface area (Å²) in [5.41, 5.74) is 0.485. The second-order valence-corrected chi connectivity index (χ2v) is 5.01. The fourth-order valence-corrected chi connectivity index (χ4v) is 1.99. The van der Waals surface area contributed by atoms with E-state index in [-0.39, 0.29) is 12.3 Å². The van der Waals surface area contributed by atoms with Crippen LogP contribution < -0.4 is 10.6 Å². The predicted octanol–water partition coefficient (Wildman–Crippen LogP) is 1.39. The van der Waals surface area contributed by atoms with Gasteiger partial charge in [0, 0.05) is 0 Å². The standard InChI is InChI=1S/C16H17FN2O4/c1-10(15(21)11-4-6-12(17)7-5-11)19-14(20)9-18-16(22)13-3-2-8-23-13/h2-8,10,15,21H,9H2,1H3,(H,18,22)(H,19,20)/t10-,15+/m1/s1. The number of carbonyl (C=O) groups is 2. The van der Waals surface area contributed by atoms with Crippen molar-refractivity contribution in [1.82, 2.24) is 10.6 Å². The van der Waals surface area contributed by atoms with Crippen molar-refractivity contribution >= 4 is 11.8 Å². The van der Waals surface area contributed by atoms with Crippen LogP contribution in [0, 0.1) is 5.82 Å². The molecular formula is C16H17FN2O4. The SMILES string of the molecule is C[C@@H](NC(=O)CNC(=O)c1ccco1)[C@H](O)c1ccc(F)cc1. The topological polar surface area (TPSA) is 91.6 Å². The number of rotatable bonds is 6. The van der Waals surface area contributed by atoms with Crippen LogP contribution in [0.2, 0.25) is 0 Å². The highest BCUT2D eigenvalue weighted by molar-refractivity contribution is 5.94. The molecule has 0 aliphatic heterocycles. The third-order valence-electron chi connectivity index (χ3n) is 3.23. The predicted molar refractivity (Wildman–Crippen MR) is 80.0 cm³/mol. The molecule has 0 fully saturated rings. The summed E-state index contributed by atoms with van der Waals surface area (Å²) in [5.74, 6) is -1.26. The molecule has 1 aromatic carbocycles. The molecule has 122 valence electrons. The Labute approximate surface area is 132 Å². The molecular weight excluding hydrogens is 303 g/mol. The molecule has 2 atom stereocenters. The van der Waals surface area contributed by atoms with Gasteiger partial charge in [0.05, 0.1) is 25.0 Å². The number of amides is 2. The van der Waals surface area contributed by atoms with Crippen LogP contribution in [-0.2, 0) is 4.79 Å². The minimum Gasteiger partial charge on any atom is -0.459 e. The maximum absolute atomic E-state index is 12.9. The molecule has 0 spiro atoms. The van der Waals surface area contributed by atoms with Gasteiger partial charge in [0.2, 0.25) is 5.91 Å². The van der Waals surface area contributed by atoms with Crippen molar-refractivity contribution in [3.05, 3.63) is 59.8 Å². The lowest BCUT2D eigenvalue weighted by molar-refractivity contribution is -0.121. The van der Waals surface area contributed by atoms with Gasteiger partial charge in [-0.05, 0) is 36.8 Å². The average molecular weight is 320 g/mol. The van der Waals surface area contributed by atoms with Crippen LogP contribution in [0.25, 0.3) is 0 Å². The van der Waals surface area contributed by atoms with Gasteiger partial charge >= 0.3 is 0 Å². The van der Waals surface area contributed by atoms with Crippen LogP contribution in [0.5, 0.6) is 0 Å². The summed E-state index contributed by atoms with van der Waals surface area (Å²) in [4.78, 5) is 23.4. The molecule has 0 bridgehead atoms. The molecule has 2 aromatic rings. The zero-order valence-corrected chi connectivity index (χ0v) is 12.5. The van der Waals surface area contributed by atoms with Gasteiger partial charge in [0.15, 0.2) is 5.76 Å². The number of aliphatic hydroxyl groups excluding tert-OH is 1. The van der Waals surface area contributed by atoms with Crippen molar-refractivity contribution in [1.29, 1.82) is 0 Å². The monoisotopic (exact) mass is 320 g/mol. The Morgan fingerprint density at radius 1 is 1.26 bits per heavy atom. The first-order valence-electron chi connectivity index (χ1n) is 7.02. The van der Waals surface area contributed by atoms with Gasteiger partial charge in [0.1, 0.15) is 5.82 Å². The second kappa shape index (κ2) is 7.55. The summed E-state index contributed by atoms with van der Waals surface area (Å²) in [7, 11) is 0. The second-order valence-electron chi connectivity index (χ2n) is 5.01. The maximum Gasteiger partial charge on any atom is 0.287 e. The third kappa shape index (κ3) is 4.65. The van der Waals surface area contributed by atoms with Crippen LogP contribution in [0.3, 0.4) is 0 Å². The first-order chi connectivity index (χ1) is 11.0. The average Bonchev–Trinajstić information content (AvgIpc) is 3.07. The van der Waals surface area contributed by atoms with Gasteiger partial charge in [-0.2, -0.15) is 0 Å². The first-order valence-corrected chi connectivity index (χ1v) is 7.02. The van der Waals surface area contributed by atoms with Crippen LogP contribution in [-0.4, -0.2) is 29.5 Å². The summed E-state index contributed by atoms with van der Waals surface area (Å²) in [6.45, 7) is 1.36. The maximum atomic E-state index is 12.9. The molecule has 0 aliphatic rings. The van der Waals surface area contributed by atoms with Gasteiger partial charge in [0.25, 0.3) is 5.91 Å². The van der Waals surface area contributed by atoms with Gasteiger partial charge in [-0.3, -0.25) is 9.59 Å². The molecule has 23 heavy (non-hydrogen) atoms. The van der Waals surface area contributed by atoms with E-state index in [0.29, 0.717) is 5.56 Å². The number of benzene rings is 1. The smallest absolute Gasteiger partial charge is 0.287 e. The summed E-state index contributed by atoms with van der Waals surface area (Å²) in [6, 6.07) is 7.80. The molecule has 0 aliphatic carbocycles. The fraction of sp³-hybridized carbons (Fsp3) is 0.250. The third-order valence-corrected chi connectivity index (χ3v) is 3.23. The lowest BCUT2D eigenvalue weighted by atomic mass is 10.0. The van der Waals surface area contributed by atoms with Crippen molar-refractivity contribution in [2.75, 3.05) is 6.54 Å². The lowest BCUT2D eigenvalue weighted by Gasteiger charge is -2.20. The zero-order valence-electron chi connectivity index (χ0n) is 12.5. The molecule has 6 nitrogen and oxygen atoms in total. The number of furan rings is 1. The summed E-state index contributed by atoms with van der Waals surface area (Å²) in [5, 5.41) is 15.1. The van der Waals surface area contributed by atoms with E-state index in [9.17, 15) is 19.1 Å². The van der Waals surface area contributed by atoms with E-state index < -0.39 is 29.8 Å². The Balaban J connectivity index is 1.82. The first kappa shape index (κ1) is 16.7. The van der Waals surface area contributed by atoms with E-state index in [1.165, 1.54) is 36.6 Å². The largest absolute Gasteiger partial charge is 0.459 e. The molecule has 1 heterocycles. The summed E-state index contributed by atoms with van der Waals surface area (Å²) in [6.07, 6.45) is 0.371. The molecule has 0 saturated heterocycles. The van der Waals surface area contributed by atoms with Gasteiger partial charge in [-0.1, -0.05) is 12.1 Å². The molecule has 7 heteroatoms. The Hall–Kier alpha value is -2.67. The van der Waals surface area contributed by atoms with Crippen LogP contribution in [0.4, 0.5) is 4.39 Å². The van der Waals surface area contributed by atoms with Crippen molar-refractivity contribution in [2.45, 2.75) is 19.1 Å². The van der Waals surface area contributed by atoms with Crippen LogP contribution in [0.15, 0.2) is 47.1 Å². The highest BCUT2D eigenvalue weighted by Gasteiger charge is 2.19. The summed E-state index contributed by atoms with van der Waals surface area (Å²) < 4.78 is 17.8. The number of carbonyl (C=O) groups excluding carboxylic acids is 2. The van der Waals surface area contributed by atoms with E-state index >= 15 is 0 Å². The fourth-order valence-electron chi connectivity index (χ4n) is 1.99. The Bertz CT molecular complexity index is 655. The molecule has 0 saturated carbocycles. The Kier molecular flexibility index (Phi) is 5.48. The lowest BCUT2D eigenvalue weighted by Crippen LogP contribution is -2.43. The van der Waals surface area contributed by atoms with Crippen molar-refractivity contribution < 1.29 is 23.5 Å². The minimum absolute atomic E-state index is 0.109. The van der Waals surface area contributed by atoms with Crippen molar-refractivity contribution in [2.24, 2.45) is 0 Å². The van der Waals surface area contributed by atoms with Crippen LogP contribution in [0.1, 0.15) is 29.1 Å². The minimum atomic E-state index is -0.986. The highest BCUT2D eigenvalue weighted by atomic mass is 19.1. The number of hydrogen-bond donors (Lipinski definition) is 3. The Morgan fingerprint density at radius 2 is 1.96 bits per heavy atom. The van der Waals surface area contributed by atoms with E-state index in [1.54, 1.807) is 13.0 Å². The molecule has 2 rings (SSSR count).